The van der Waals surface area contributed by atoms with Gasteiger partial charge in [0.05, 0.1) is 10.6 Å². The Morgan fingerprint density at radius 3 is 2.53 bits per heavy atom. The lowest BCUT2D eigenvalue weighted by atomic mass is 9.82. The standard InChI is InChI=1S/C14H19BrO2/c1-10(2)17-13-6-5-11(9-12(13)15)14(3,4)7-8-16/h5-6,8-10H,7H2,1-4H3. The minimum Gasteiger partial charge on any atom is -0.490 e. The molecular weight excluding hydrogens is 280 g/mol. The Balaban J connectivity index is 2.99. The zero-order valence-electron chi connectivity index (χ0n) is 10.8. The highest BCUT2D eigenvalue weighted by Crippen LogP contribution is 2.33. The monoisotopic (exact) mass is 298 g/mol. The summed E-state index contributed by atoms with van der Waals surface area (Å²) >= 11 is 3.51. The first-order chi connectivity index (χ1) is 7.86. The van der Waals surface area contributed by atoms with Crippen LogP contribution < -0.4 is 4.74 Å². The Kier molecular flexibility index (Phi) is 4.75. The smallest absolute Gasteiger partial charge is 0.133 e. The summed E-state index contributed by atoms with van der Waals surface area (Å²) in [6.45, 7) is 8.12. The zero-order chi connectivity index (χ0) is 13.1. The van der Waals surface area contributed by atoms with Gasteiger partial charge in [-0.15, -0.1) is 0 Å². The maximum atomic E-state index is 10.7. The highest BCUT2D eigenvalue weighted by atomic mass is 79.9. The molecule has 0 unspecified atom stereocenters. The number of carbonyl (C=O) groups is 1. The van der Waals surface area contributed by atoms with Crippen molar-refractivity contribution >= 4 is 22.2 Å². The van der Waals surface area contributed by atoms with Crippen LogP contribution in [0, 0.1) is 0 Å². The third-order valence-corrected chi connectivity index (χ3v) is 3.29. The SMILES string of the molecule is CC(C)Oc1ccc(C(C)(C)CC=O)cc1Br. The molecule has 3 heteroatoms. The van der Waals surface area contributed by atoms with Crippen molar-refractivity contribution in [3.05, 3.63) is 28.2 Å². The summed E-state index contributed by atoms with van der Waals surface area (Å²) in [5, 5.41) is 0. The van der Waals surface area contributed by atoms with Crippen molar-refractivity contribution in [2.24, 2.45) is 0 Å². The van der Waals surface area contributed by atoms with Gasteiger partial charge in [-0.1, -0.05) is 19.9 Å². The van der Waals surface area contributed by atoms with Gasteiger partial charge in [0.15, 0.2) is 0 Å². The van der Waals surface area contributed by atoms with E-state index in [-0.39, 0.29) is 11.5 Å². The molecule has 94 valence electrons. The van der Waals surface area contributed by atoms with Crippen LogP contribution in [0.4, 0.5) is 0 Å². The summed E-state index contributed by atoms with van der Waals surface area (Å²) in [5.74, 6) is 0.839. The van der Waals surface area contributed by atoms with Crippen LogP contribution in [-0.2, 0) is 10.2 Å². The lowest BCUT2D eigenvalue weighted by Crippen LogP contribution is -2.17. The van der Waals surface area contributed by atoms with E-state index in [4.69, 9.17) is 4.74 Å². The molecule has 0 N–H and O–H groups in total. The van der Waals surface area contributed by atoms with Crippen LogP contribution >= 0.6 is 15.9 Å². The van der Waals surface area contributed by atoms with Crippen LogP contribution in [0.5, 0.6) is 5.75 Å². The van der Waals surface area contributed by atoms with E-state index < -0.39 is 0 Å². The molecule has 17 heavy (non-hydrogen) atoms. The Morgan fingerprint density at radius 1 is 1.41 bits per heavy atom. The summed E-state index contributed by atoms with van der Waals surface area (Å²) in [6.07, 6.45) is 1.64. The number of hydrogen-bond donors (Lipinski definition) is 0. The Hall–Kier alpha value is -0.830. The van der Waals surface area contributed by atoms with Crippen molar-refractivity contribution in [1.82, 2.24) is 0 Å². The molecule has 1 aromatic rings. The fourth-order valence-corrected chi connectivity index (χ4v) is 2.07. The average Bonchev–Trinajstić information content (AvgIpc) is 2.20. The van der Waals surface area contributed by atoms with E-state index in [0.717, 1.165) is 22.1 Å². The van der Waals surface area contributed by atoms with E-state index in [1.165, 1.54) is 0 Å². The molecule has 0 aromatic heterocycles. The first kappa shape index (κ1) is 14.2. The number of halogens is 1. The summed E-state index contributed by atoms with van der Waals surface area (Å²) in [7, 11) is 0. The van der Waals surface area contributed by atoms with Crippen LogP contribution in [0.3, 0.4) is 0 Å². The van der Waals surface area contributed by atoms with Crippen LogP contribution in [0.2, 0.25) is 0 Å². The predicted octanol–water partition coefficient (Wildman–Crippen LogP) is 4.10. The highest BCUT2D eigenvalue weighted by molar-refractivity contribution is 9.10. The van der Waals surface area contributed by atoms with Gasteiger partial charge in [0.2, 0.25) is 0 Å². The van der Waals surface area contributed by atoms with Crippen LogP contribution in [0.1, 0.15) is 39.7 Å². The Labute approximate surface area is 111 Å². The van der Waals surface area contributed by atoms with Crippen LogP contribution in [-0.4, -0.2) is 12.4 Å². The number of benzene rings is 1. The van der Waals surface area contributed by atoms with E-state index >= 15 is 0 Å². The predicted molar refractivity (Wildman–Crippen MR) is 73.6 cm³/mol. The quantitative estimate of drug-likeness (QED) is 0.765. The lowest BCUT2D eigenvalue weighted by Gasteiger charge is -2.23. The van der Waals surface area contributed by atoms with Crippen molar-refractivity contribution in [3.63, 3.8) is 0 Å². The van der Waals surface area contributed by atoms with E-state index in [2.05, 4.69) is 29.8 Å². The minimum absolute atomic E-state index is 0.138. The molecular formula is C14H19BrO2. The second-order valence-electron chi connectivity index (χ2n) is 5.07. The van der Waals surface area contributed by atoms with Crippen molar-refractivity contribution in [2.75, 3.05) is 0 Å². The maximum absolute atomic E-state index is 10.7. The van der Waals surface area contributed by atoms with E-state index in [9.17, 15) is 4.79 Å². The first-order valence-corrected chi connectivity index (χ1v) is 6.56. The van der Waals surface area contributed by atoms with Gasteiger partial charge in [-0.25, -0.2) is 0 Å². The number of carbonyl (C=O) groups excluding carboxylic acids is 1. The first-order valence-electron chi connectivity index (χ1n) is 5.77. The van der Waals surface area contributed by atoms with Crippen LogP contribution in [0.25, 0.3) is 0 Å². The average molecular weight is 299 g/mol. The topological polar surface area (TPSA) is 26.3 Å². The summed E-state index contributed by atoms with van der Waals surface area (Å²) in [6, 6.07) is 6.00. The number of aldehydes is 1. The van der Waals surface area contributed by atoms with Crippen molar-refractivity contribution in [2.45, 2.75) is 45.6 Å². The number of rotatable bonds is 5. The molecule has 0 atom stereocenters. The van der Waals surface area contributed by atoms with Crippen LogP contribution in [0.15, 0.2) is 22.7 Å². The van der Waals surface area contributed by atoms with Crippen molar-refractivity contribution in [1.29, 1.82) is 0 Å². The van der Waals surface area contributed by atoms with E-state index in [0.29, 0.717) is 6.42 Å². The third kappa shape index (κ3) is 3.84. The second kappa shape index (κ2) is 5.67. The largest absolute Gasteiger partial charge is 0.490 e. The fraction of sp³-hybridized carbons (Fsp3) is 0.500. The van der Waals surface area contributed by atoms with Gasteiger partial charge in [-0.2, -0.15) is 0 Å². The minimum atomic E-state index is -0.138. The van der Waals surface area contributed by atoms with Crippen molar-refractivity contribution in [3.8, 4) is 5.75 Å². The molecule has 0 aliphatic carbocycles. The molecule has 0 heterocycles. The molecule has 0 aliphatic heterocycles. The molecule has 1 aromatic carbocycles. The van der Waals surface area contributed by atoms with Gasteiger partial charge in [0.1, 0.15) is 12.0 Å². The molecule has 0 saturated carbocycles. The van der Waals surface area contributed by atoms with Gasteiger partial charge in [-0.05, 0) is 52.9 Å². The summed E-state index contributed by atoms with van der Waals surface area (Å²) in [5.41, 5.74) is 0.994. The van der Waals surface area contributed by atoms with E-state index in [1.807, 2.05) is 32.0 Å². The fourth-order valence-electron chi connectivity index (χ4n) is 1.60. The molecule has 0 spiro atoms. The molecule has 0 saturated heterocycles. The molecule has 0 amide bonds. The molecule has 0 aliphatic rings. The van der Waals surface area contributed by atoms with E-state index in [1.54, 1.807) is 0 Å². The lowest BCUT2D eigenvalue weighted by molar-refractivity contribution is -0.108. The zero-order valence-corrected chi connectivity index (χ0v) is 12.4. The van der Waals surface area contributed by atoms with Gasteiger partial charge in [0, 0.05) is 6.42 Å². The van der Waals surface area contributed by atoms with Gasteiger partial charge >= 0.3 is 0 Å². The third-order valence-electron chi connectivity index (χ3n) is 2.67. The summed E-state index contributed by atoms with van der Waals surface area (Å²) < 4.78 is 6.59. The van der Waals surface area contributed by atoms with Gasteiger partial charge in [0.25, 0.3) is 0 Å². The molecule has 0 bridgehead atoms. The Bertz CT molecular complexity index is 397. The number of ether oxygens (including phenoxy) is 1. The van der Waals surface area contributed by atoms with Crippen molar-refractivity contribution < 1.29 is 9.53 Å². The molecule has 0 radical (unpaired) electrons. The maximum Gasteiger partial charge on any atom is 0.133 e. The Morgan fingerprint density at radius 2 is 2.06 bits per heavy atom. The highest BCUT2D eigenvalue weighted by Gasteiger charge is 2.21. The van der Waals surface area contributed by atoms with Gasteiger partial charge < -0.3 is 9.53 Å². The normalized spacial score (nSPS) is 11.6. The summed E-state index contributed by atoms with van der Waals surface area (Å²) in [4.78, 5) is 10.7. The second-order valence-corrected chi connectivity index (χ2v) is 5.92. The number of hydrogen-bond acceptors (Lipinski definition) is 2. The molecule has 2 nitrogen and oxygen atoms in total. The molecule has 0 fully saturated rings. The van der Waals surface area contributed by atoms with Gasteiger partial charge in [-0.3, -0.25) is 0 Å². The molecule has 1 rings (SSSR count).